The van der Waals surface area contributed by atoms with Gasteiger partial charge in [0.1, 0.15) is 11.9 Å². The highest BCUT2D eigenvalue weighted by atomic mass is 19.1. The molecule has 3 atom stereocenters. The highest BCUT2D eigenvalue weighted by Gasteiger charge is 2.48. The first-order chi connectivity index (χ1) is 15.4. The van der Waals surface area contributed by atoms with Gasteiger partial charge in [-0.05, 0) is 30.9 Å². The summed E-state index contributed by atoms with van der Waals surface area (Å²) in [4.78, 5) is 55.0. The minimum atomic E-state index is -1.05. The Morgan fingerprint density at radius 3 is 2.38 bits per heavy atom. The van der Waals surface area contributed by atoms with Crippen LogP contribution in [0.5, 0.6) is 0 Å². The van der Waals surface area contributed by atoms with Crippen molar-refractivity contribution in [3.63, 3.8) is 0 Å². The lowest BCUT2D eigenvalue weighted by Gasteiger charge is -2.39. The van der Waals surface area contributed by atoms with E-state index in [2.05, 4.69) is 15.5 Å². The number of fused-ring (bicyclic) bond motifs is 3. The maximum Gasteiger partial charge on any atom is 0.262 e. The number of carbonyl (C=O) groups excluding carboxylic acids is 4. The number of hydrogen-bond donors (Lipinski definition) is 2. The van der Waals surface area contributed by atoms with E-state index in [1.54, 1.807) is 0 Å². The number of piperazine rings is 1. The summed E-state index contributed by atoms with van der Waals surface area (Å²) in [7, 11) is 0. The molecule has 4 amide bonds. The van der Waals surface area contributed by atoms with Crippen molar-refractivity contribution >= 4 is 29.3 Å². The van der Waals surface area contributed by atoms with Crippen LogP contribution in [-0.4, -0.2) is 84.3 Å². The van der Waals surface area contributed by atoms with Crippen LogP contribution < -0.4 is 15.5 Å². The van der Waals surface area contributed by atoms with Crippen molar-refractivity contribution in [2.24, 2.45) is 5.92 Å². The van der Waals surface area contributed by atoms with Crippen LogP contribution in [0, 0.1) is 11.7 Å². The molecule has 0 spiro atoms. The first kappa shape index (κ1) is 19.8. The number of nitrogens with zero attached hydrogens (tertiary/aromatic N) is 3. The minimum Gasteiger partial charge on any atom is -0.363 e. The van der Waals surface area contributed by atoms with E-state index in [-0.39, 0.29) is 30.0 Å². The van der Waals surface area contributed by atoms with Crippen LogP contribution in [0.4, 0.5) is 10.1 Å². The number of likely N-dealkylation sites (tertiary alicyclic amines) is 1. The molecule has 1 unspecified atom stereocenters. The van der Waals surface area contributed by atoms with Gasteiger partial charge in [0, 0.05) is 51.2 Å². The summed E-state index contributed by atoms with van der Waals surface area (Å²) < 4.78 is 15.1. The van der Waals surface area contributed by atoms with E-state index in [9.17, 15) is 19.2 Å². The van der Waals surface area contributed by atoms with Gasteiger partial charge in [-0.15, -0.1) is 0 Å². The Kier molecular flexibility index (Phi) is 4.38. The summed E-state index contributed by atoms with van der Waals surface area (Å²) in [5.74, 6) is -2.24. The normalized spacial score (nSPS) is 30.2. The standard InChI is InChI=1S/C22H24FN5O4/c23-16-4-14-15(22(32)28(21(14)31)17-1-2-19(29)25-20(17)30)5-18(16)27-10-12-3-13(27)9-26(12)8-11-6-24-7-11/h4-5,11-13,17,24H,1-3,6-10H2,(H,25,29,30)/t12-,13-,17?/m0/s1. The SMILES string of the molecule is O=C1CCC(N2C(=O)c3cc(F)c(N4C[C@@H]5C[C@H]4CN5CC4CNC4)cc3C2=O)C(=O)N1. The molecule has 1 aromatic rings. The van der Waals surface area contributed by atoms with Crippen LogP contribution in [0.1, 0.15) is 40.0 Å². The average molecular weight is 441 g/mol. The molecule has 6 rings (SSSR count). The molecule has 0 radical (unpaired) electrons. The van der Waals surface area contributed by atoms with E-state index >= 15 is 4.39 Å². The molecule has 10 heteroatoms. The van der Waals surface area contributed by atoms with Crippen molar-refractivity contribution in [3.05, 3.63) is 29.1 Å². The second kappa shape index (κ2) is 7.08. The maximum absolute atomic E-state index is 15.1. The van der Waals surface area contributed by atoms with Gasteiger partial charge >= 0.3 is 0 Å². The molecule has 5 aliphatic rings. The molecular formula is C22H24FN5O4. The van der Waals surface area contributed by atoms with Crippen molar-refractivity contribution in [1.29, 1.82) is 0 Å². The number of rotatable bonds is 4. The van der Waals surface area contributed by atoms with Gasteiger partial charge in [-0.3, -0.25) is 34.3 Å². The second-order valence-electron chi connectivity index (χ2n) is 9.47. The van der Waals surface area contributed by atoms with Gasteiger partial charge in [0.2, 0.25) is 11.8 Å². The van der Waals surface area contributed by atoms with Gasteiger partial charge in [0.15, 0.2) is 0 Å². The molecule has 4 saturated heterocycles. The molecule has 1 aromatic carbocycles. The van der Waals surface area contributed by atoms with E-state index in [4.69, 9.17) is 0 Å². The Morgan fingerprint density at radius 1 is 1.00 bits per heavy atom. The predicted molar refractivity (Wildman–Crippen MR) is 111 cm³/mol. The van der Waals surface area contributed by atoms with Crippen molar-refractivity contribution in [1.82, 2.24) is 20.4 Å². The van der Waals surface area contributed by atoms with Crippen LogP contribution in [0.25, 0.3) is 0 Å². The molecule has 0 saturated carbocycles. The van der Waals surface area contributed by atoms with E-state index in [1.807, 2.05) is 4.90 Å². The number of anilines is 1. The lowest BCUT2D eigenvalue weighted by atomic mass is 10.0. The van der Waals surface area contributed by atoms with Gasteiger partial charge in [-0.1, -0.05) is 0 Å². The van der Waals surface area contributed by atoms with Crippen molar-refractivity contribution in [2.45, 2.75) is 37.4 Å². The lowest BCUT2D eigenvalue weighted by molar-refractivity contribution is -0.136. The third-order valence-corrected chi connectivity index (χ3v) is 7.53. The van der Waals surface area contributed by atoms with Crippen LogP contribution in [0.3, 0.4) is 0 Å². The summed E-state index contributed by atoms with van der Waals surface area (Å²) in [6.07, 6.45) is 1.09. The van der Waals surface area contributed by atoms with Gasteiger partial charge in [-0.2, -0.15) is 0 Å². The number of carbonyl (C=O) groups is 4. The average Bonchev–Trinajstić information content (AvgIpc) is 3.38. The Hall–Kier alpha value is -2.85. The molecule has 168 valence electrons. The summed E-state index contributed by atoms with van der Waals surface area (Å²) in [6.45, 7) is 4.73. The molecule has 4 fully saturated rings. The van der Waals surface area contributed by atoms with Crippen molar-refractivity contribution < 1.29 is 23.6 Å². The topological polar surface area (TPSA) is 102 Å². The van der Waals surface area contributed by atoms with Crippen LogP contribution in [0.2, 0.25) is 0 Å². The third-order valence-electron chi connectivity index (χ3n) is 7.53. The lowest BCUT2D eigenvalue weighted by Crippen LogP contribution is -2.54. The fourth-order valence-electron chi connectivity index (χ4n) is 5.78. The van der Waals surface area contributed by atoms with Gasteiger partial charge < -0.3 is 10.2 Å². The predicted octanol–water partition coefficient (Wildman–Crippen LogP) is -0.291. The molecule has 9 nitrogen and oxygen atoms in total. The first-order valence-corrected chi connectivity index (χ1v) is 11.2. The molecule has 2 N–H and O–H groups in total. The van der Waals surface area contributed by atoms with E-state index in [0.29, 0.717) is 24.2 Å². The quantitative estimate of drug-likeness (QED) is 0.619. The number of hydrogen-bond acceptors (Lipinski definition) is 7. The summed E-state index contributed by atoms with van der Waals surface area (Å²) in [6, 6.07) is 2.09. The zero-order chi connectivity index (χ0) is 22.1. The molecule has 0 aliphatic carbocycles. The van der Waals surface area contributed by atoms with Crippen molar-refractivity contribution in [2.75, 3.05) is 37.6 Å². The van der Waals surface area contributed by atoms with E-state index in [0.717, 1.165) is 43.6 Å². The summed E-state index contributed by atoms with van der Waals surface area (Å²) in [5, 5.41) is 5.46. The number of nitrogens with one attached hydrogen (secondary N) is 2. The highest BCUT2D eigenvalue weighted by molar-refractivity contribution is 6.23. The van der Waals surface area contributed by atoms with Crippen molar-refractivity contribution in [3.8, 4) is 0 Å². The van der Waals surface area contributed by atoms with E-state index < -0.39 is 35.5 Å². The molecule has 2 bridgehead atoms. The Morgan fingerprint density at radius 2 is 1.75 bits per heavy atom. The largest absolute Gasteiger partial charge is 0.363 e. The fourth-order valence-corrected chi connectivity index (χ4v) is 5.78. The van der Waals surface area contributed by atoms with Crippen LogP contribution in [0.15, 0.2) is 12.1 Å². The molecule has 5 heterocycles. The smallest absolute Gasteiger partial charge is 0.262 e. The highest BCUT2D eigenvalue weighted by Crippen LogP contribution is 2.39. The molecule has 0 aromatic heterocycles. The summed E-state index contributed by atoms with van der Waals surface area (Å²) >= 11 is 0. The Labute approximate surface area is 183 Å². The summed E-state index contributed by atoms with van der Waals surface area (Å²) in [5.41, 5.74) is 0.438. The number of benzene rings is 1. The second-order valence-corrected chi connectivity index (χ2v) is 9.47. The fraction of sp³-hybridized carbons (Fsp3) is 0.545. The molecular weight excluding hydrogens is 417 g/mol. The third kappa shape index (κ3) is 2.89. The van der Waals surface area contributed by atoms with Crippen LogP contribution >= 0.6 is 0 Å². The molecule has 32 heavy (non-hydrogen) atoms. The zero-order valence-electron chi connectivity index (χ0n) is 17.5. The van der Waals surface area contributed by atoms with Crippen LogP contribution in [-0.2, 0) is 9.59 Å². The zero-order valence-corrected chi connectivity index (χ0v) is 17.5. The van der Waals surface area contributed by atoms with E-state index in [1.165, 1.54) is 6.07 Å². The van der Waals surface area contributed by atoms with Gasteiger partial charge in [0.25, 0.3) is 11.8 Å². The van der Waals surface area contributed by atoms with Gasteiger partial charge in [0.05, 0.1) is 16.8 Å². The minimum absolute atomic E-state index is 0.0237. The number of piperidine rings is 1. The van der Waals surface area contributed by atoms with Gasteiger partial charge in [-0.25, -0.2) is 4.39 Å². The monoisotopic (exact) mass is 441 g/mol. The number of amides is 4. The number of imide groups is 2. The number of halogens is 1. The maximum atomic E-state index is 15.1. The molecule has 5 aliphatic heterocycles. The Balaban J connectivity index is 1.24. The Bertz CT molecular complexity index is 1060. The first-order valence-electron chi connectivity index (χ1n) is 11.2.